The van der Waals surface area contributed by atoms with Gasteiger partial charge in [0.25, 0.3) is 0 Å². The molecule has 0 fully saturated rings. The molecule has 0 aliphatic rings. The summed E-state index contributed by atoms with van der Waals surface area (Å²) in [5.41, 5.74) is 7.84. The summed E-state index contributed by atoms with van der Waals surface area (Å²) in [4.78, 5) is 0.289. The van der Waals surface area contributed by atoms with Crippen LogP contribution in [0.25, 0.3) is 0 Å². The smallest absolute Gasteiger partial charge is 0.189 e. The van der Waals surface area contributed by atoms with E-state index in [1.54, 1.807) is 48.5 Å². The van der Waals surface area contributed by atoms with Crippen LogP contribution in [-0.4, -0.2) is 8.42 Å². The van der Waals surface area contributed by atoms with Crippen LogP contribution in [0.2, 0.25) is 0 Å². The van der Waals surface area contributed by atoms with E-state index in [0.717, 1.165) is 0 Å². The molecule has 0 spiro atoms. The number of anilines is 1. The molecule has 0 aromatic heterocycles. The highest BCUT2D eigenvalue weighted by molar-refractivity contribution is 7.92. The first-order valence-corrected chi connectivity index (χ1v) is 8.83. The number of nitrogens with two attached hydrogens (primary N) is 1. The van der Waals surface area contributed by atoms with Gasteiger partial charge in [-0.3, -0.25) is 0 Å². The molecule has 0 bridgehead atoms. The zero-order valence-electron chi connectivity index (χ0n) is 12.5. The summed E-state index contributed by atoms with van der Waals surface area (Å²) in [6.07, 6.45) is 0. The van der Waals surface area contributed by atoms with Gasteiger partial charge in [0.2, 0.25) is 0 Å². The van der Waals surface area contributed by atoms with Gasteiger partial charge in [0, 0.05) is 5.69 Å². The zero-order valence-corrected chi connectivity index (χ0v) is 13.3. The van der Waals surface area contributed by atoms with Crippen LogP contribution >= 0.6 is 0 Å². The number of rotatable bonds is 4. The van der Waals surface area contributed by atoms with Crippen molar-refractivity contribution in [2.75, 3.05) is 5.73 Å². The summed E-state index contributed by atoms with van der Waals surface area (Å²) in [7, 11) is -3.61. The average Bonchev–Trinajstić information content (AvgIpc) is 2.58. The molecule has 2 N–H and O–H groups in total. The first-order valence-electron chi connectivity index (χ1n) is 7.29. The fourth-order valence-corrected chi connectivity index (χ4v) is 4.52. The van der Waals surface area contributed by atoms with E-state index >= 15 is 0 Å². The number of nitrogen functional groups attached to an aromatic ring is 1. The van der Waals surface area contributed by atoms with Crippen molar-refractivity contribution in [3.8, 4) is 0 Å². The zero-order chi connectivity index (χ0) is 16.3. The van der Waals surface area contributed by atoms with E-state index < -0.39 is 15.1 Å². The van der Waals surface area contributed by atoms with Gasteiger partial charge in [-0.15, -0.1) is 0 Å². The summed E-state index contributed by atoms with van der Waals surface area (Å²) in [5.74, 6) is 0. The first-order chi connectivity index (χ1) is 11.1. The van der Waals surface area contributed by atoms with Gasteiger partial charge in [-0.1, -0.05) is 66.7 Å². The highest BCUT2D eigenvalue weighted by Crippen LogP contribution is 2.37. The molecular weight excluding hydrogens is 306 g/mol. The molecule has 1 unspecified atom stereocenters. The maximum Gasteiger partial charge on any atom is 0.189 e. The predicted molar refractivity (Wildman–Crippen MR) is 92.8 cm³/mol. The SMILES string of the molecule is Nc1ccccc1C(c1ccccc1)S(=O)(=O)c1ccccc1. The van der Waals surface area contributed by atoms with Crippen molar-refractivity contribution in [1.29, 1.82) is 0 Å². The van der Waals surface area contributed by atoms with Crippen molar-refractivity contribution in [2.24, 2.45) is 0 Å². The normalized spacial score (nSPS) is 12.7. The van der Waals surface area contributed by atoms with Gasteiger partial charge in [-0.2, -0.15) is 0 Å². The van der Waals surface area contributed by atoms with E-state index in [-0.39, 0.29) is 4.90 Å². The van der Waals surface area contributed by atoms with Crippen molar-refractivity contribution >= 4 is 15.5 Å². The third-order valence-corrected chi connectivity index (χ3v) is 5.84. The van der Waals surface area contributed by atoms with Crippen molar-refractivity contribution < 1.29 is 8.42 Å². The Morgan fingerprint density at radius 3 is 1.83 bits per heavy atom. The average molecular weight is 323 g/mol. The van der Waals surface area contributed by atoms with Crippen LogP contribution in [-0.2, 0) is 9.84 Å². The van der Waals surface area contributed by atoms with Gasteiger partial charge in [0.15, 0.2) is 9.84 Å². The molecule has 116 valence electrons. The topological polar surface area (TPSA) is 60.2 Å². The van der Waals surface area contributed by atoms with Gasteiger partial charge in [0.1, 0.15) is 5.25 Å². The molecule has 0 aliphatic heterocycles. The number of hydrogen-bond donors (Lipinski definition) is 1. The van der Waals surface area contributed by atoms with Gasteiger partial charge < -0.3 is 5.73 Å². The number of sulfone groups is 1. The van der Waals surface area contributed by atoms with Crippen LogP contribution in [0.15, 0.2) is 89.8 Å². The van der Waals surface area contributed by atoms with E-state index in [9.17, 15) is 8.42 Å². The summed E-state index contributed by atoms with van der Waals surface area (Å²) < 4.78 is 26.5. The maximum atomic E-state index is 13.2. The Kier molecular flexibility index (Phi) is 4.17. The second-order valence-corrected chi connectivity index (χ2v) is 7.31. The summed E-state index contributed by atoms with van der Waals surface area (Å²) in [6, 6.07) is 24.8. The van der Waals surface area contributed by atoms with E-state index in [1.165, 1.54) is 0 Å². The van der Waals surface area contributed by atoms with Crippen LogP contribution in [0, 0.1) is 0 Å². The number of hydrogen-bond acceptors (Lipinski definition) is 3. The van der Waals surface area contributed by atoms with Crippen LogP contribution in [0.3, 0.4) is 0 Å². The highest BCUT2D eigenvalue weighted by atomic mass is 32.2. The molecule has 0 aliphatic carbocycles. The molecule has 3 nitrogen and oxygen atoms in total. The molecule has 23 heavy (non-hydrogen) atoms. The molecule has 3 rings (SSSR count). The Labute approximate surface area is 136 Å². The Morgan fingerprint density at radius 2 is 1.22 bits per heavy atom. The molecule has 0 heterocycles. The molecule has 1 atom stereocenters. The molecule has 0 radical (unpaired) electrons. The van der Waals surface area contributed by atoms with E-state index in [2.05, 4.69) is 0 Å². The molecule has 0 saturated carbocycles. The lowest BCUT2D eigenvalue weighted by molar-refractivity contribution is 0.589. The summed E-state index contributed by atoms with van der Waals surface area (Å²) >= 11 is 0. The lowest BCUT2D eigenvalue weighted by Crippen LogP contribution is -2.16. The van der Waals surface area contributed by atoms with Crippen LogP contribution < -0.4 is 5.73 Å². The quantitative estimate of drug-likeness (QED) is 0.742. The van der Waals surface area contributed by atoms with Crippen molar-refractivity contribution in [2.45, 2.75) is 10.1 Å². The minimum Gasteiger partial charge on any atom is -0.398 e. The van der Waals surface area contributed by atoms with Gasteiger partial charge in [0.05, 0.1) is 4.90 Å². The minimum atomic E-state index is -3.61. The highest BCUT2D eigenvalue weighted by Gasteiger charge is 2.31. The second kappa shape index (κ2) is 6.26. The minimum absolute atomic E-state index is 0.289. The molecule has 3 aromatic rings. The molecular formula is C19H17NO2S. The summed E-state index contributed by atoms with van der Waals surface area (Å²) in [5, 5.41) is -0.827. The van der Waals surface area contributed by atoms with Crippen LogP contribution in [0.5, 0.6) is 0 Å². The first kappa shape index (κ1) is 15.3. The molecule has 0 amide bonds. The lowest BCUT2D eigenvalue weighted by Gasteiger charge is -2.20. The Morgan fingerprint density at radius 1 is 0.696 bits per heavy atom. The summed E-state index contributed by atoms with van der Waals surface area (Å²) in [6.45, 7) is 0. The molecule has 3 aromatic carbocycles. The van der Waals surface area contributed by atoms with Crippen molar-refractivity contribution in [3.05, 3.63) is 96.1 Å². The second-order valence-electron chi connectivity index (χ2n) is 5.28. The van der Waals surface area contributed by atoms with Crippen LogP contribution in [0.4, 0.5) is 5.69 Å². The van der Waals surface area contributed by atoms with Crippen molar-refractivity contribution in [3.63, 3.8) is 0 Å². The predicted octanol–water partition coefficient (Wildman–Crippen LogP) is 3.83. The Hall–Kier alpha value is -2.59. The monoisotopic (exact) mass is 323 g/mol. The number of benzene rings is 3. The molecule has 0 saturated heterocycles. The fraction of sp³-hybridized carbons (Fsp3) is 0.0526. The van der Waals surface area contributed by atoms with E-state index in [0.29, 0.717) is 16.8 Å². The van der Waals surface area contributed by atoms with Gasteiger partial charge in [-0.25, -0.2) is 8.42 Å². The Balaban J connectivity index is 2.24. The van der Waals surface area contributed by atoms with Gasteiger partial charge >= 0.3 is 0 Å². The Bertz CT molecular complexity index is 891. The standard InChI is InChI=1S/C19H17NO2S/c20-18-14-8-7-13-17(18)19(15-9-3-1-4-10-15)23(21,22)16-11-5-2-6-12-16/h1-14,19H,20H2. The fourth-order valence-electron chi connectivity index (χ4n) is 2.65. The molecule has 4 heteroatoms. The third kappa shape index (κ3) is 2.98. The van der Waals surface area contributed by atoms with E-state index in [4.69, 9.17) is 5.73 Å². The van der Waals surface area contributed by atoms with Crippen LogP contribution in [0.1, 0.15) is 16.4 Å². The number of para-hydroxylation sites is 1. The maximum absolute atomic E-state index is 13.2. The van der Waals surface area contributed by atoms with Gasteiger partial charge in [-0.05, 0) is 29.3 Å². The lowest BCUT2D eigenvalue weighted by atomic mass is 10.0. The van der Waals surface area contributed by atoms with E-state index in [1.807, 2.05) is 36.4 Å². The largest absolute Gasteiger partial charge is 0.398 e. The van der Waals surface area contributed by atoms with Crippen molar-refractivity contribution in [1.82, 2.24) is 0 Å². The third-order valence-electron chi connectivity index (χ3n) is 3.76.